The van der Waals surface area contributed by atoms with Crippen LogP contribution in [0.15, 0.2) is 18.2 Å². The predicted octanol–water partition coefficient (Wildman–Crippen LogP) is 2.92. The van der Waals surface area contributed by atoms with Crippen LogP contribution in [0.3, 0.4) is 0 Å². The van der Waals surface area contributed by atoms with E-state index in [4.69, 9.17) is 5.73 Å². The number of nitrogens with two attached hydrogens (primary N) is 1. The van der Waals surface area contributed by atoms with Gasteiger partial charge >= 0.3 is 6.36 Å². The highest BCUT2D eigenvalue weighted by atomic mass is 19.4. The van der Waals surface area contributed by atoms with Crippen LogP contribution in [0, 0.1) is 0 Å². The van der Waals surface area contributed by atoms with Crippen molar-refractivity contribution in [3.05, 3.63) is 29.3 Å². The molecule has 0 aromatic heterocycles. The van der Waals surface area contributed by atoms with Crippen molar-refractivity contribution in [3.63, 3.8) is 0 Å². The summed E-state index contributed by atoms with van der Waals surface area (Å²) in [5.41, 5.74) is 7.21. The van der Waals surface area contributed by atoms with Crippen molar-refractivity contribution >= 4 is 0 Å². The van der Waals surface area contributed by atoms with Gasteiger partial charge in [0, 0.05) is 6.04 Å². The van der Waals surface area contributed by atoms with E-state index < -0.39 is 6.36 Å². The first-order chi connectivity index (χ1) is 7.47. The molecule has 5 heteroatoms. The summed E-state index contributed by atoms with van der Waals surface area (Å²) >= 11 is 0. The Balaban J connectivity index is 2.36. The van der Waals surface area contributed by atoms with Gasteiger partial charge in [-0.05, 0) is 36.5 Å². The van der Waals surface area contributed by atoms with Crippen molar-refractivity contribution in [1.29, 1.82) is 0 Å². The third kappa shape index (κ3) is 2.29. The fourth-order valence-electron chi connectivity index (χ4n) is 2.07. The zero-order valence-corrected chi connectivity index (χ0v) is 8.55. The Hall–Kier alpha value is -1.23. The van der Waals surface area contributed by atoms with Gasteiger partial charge in [0.05, 0.1) is 0 Å². The van der Waals surface area contributed by atoms with Crippen LogP contribution in [-0.2, 0) is 6.42 Å². The van der Waals surface area contributed by atoms with Crippen molar-refractivity contribution in [2.24, 2.45) is 5.73 Å². The van der Waals surface area contributed by atoms with Crippen LogP contribution in [-0.4, -0.2) is 6.36 Å². The average molecular weight is 231 g/mol. The number of hydrogen-bond donors (Lipinski definition) is 1. The summed E-state index contributed by atoms with van der Waals surface area (Å²) in [5.74, 6) is -0.111. The van der Waals surface area contributed by atoms with Crippen LogP contribution in [0.5, 0.6) is 5.75 Å². The molecule has 2 rings (SSSR count). The largest absolute Gasteiger partial charge is 0.573 e. The van der Waals surface area contributed by atoms with E-state index in [1.807, 2.05) is 0 Å². The number of alkyl halides is 3. The van der Waals surface area contributed by atoms with Gasteiger partial charge in [0.15, 0.2) is 0 Å². The smallest absolute Gasteiger partial charge is 0.405 e. The quantitative estimate of drug-likeness (QED) is 0.806. The maximum absolute atomic E-state index is 12.2. The van der Waals surface area contributed by atoms with E-state index in [-0.39, 0.29) is 11.8 Å². The maximum atomic E-state index is 12.2. The van der Waals surface area contributed by atoms with Gasteiger partial charge < -0.3 is 10.5 Å². The third-order valence-electron chi connectivity index (χ3n) is 2.74. The summed E-state index contributed by atoms with van der Waals surface area (Å²) in [4.78, 5) is 0. The van der Waals surface area contributed by atoms with Crippen LogP contribution in [0.25, 0.3) is 0 Å². The molecule has 0 heterocycles. The Labute approximate surface area is 91.2 Å². The number of hydrogen-bond acceptors (Lipinski definition) is 2. The van der Waals surface area contributed by atoms with E-state index in [0.29, 0.717) is 12.0 Å². The Morgan fingerprint density at radius 2 is 2.06 bits per heavy atom. The topological polar surface area (TPSA) is 35.2 Å². The molecule has 2 nitrogen and oxygen atoms in total. The SMILES string of the molecule is N[C@@H]1CCCc2c(OC(F)(F)F)cccc21. The first-order valence-electron chi connectivity index (χ1n) is 5.10. The van der Waals surface area contributed by atoms with Crippen LogP contribution >= 0.6 is 0 Å². The lowest BCUT2D eigenvalue weighted by Crippen LogP contribution is -2.22. The van der Waals surface area contributed by atoms with Crippen molar-refractivity contribution in [2.75, 3.05) is 0 Å². The van der Waals surface area contributed by atoms with Gasteiger partial charge in [0.1, 0.15) is 5.75 Å². The minimum absolute atomic E-state index is 0.111. The fourth-order valence-corrected chi connectivity index (χ4v) is 2.07. The van der Waals surface area contributed by atoms with Crippen LogP contribution < -0.4 is 10.5 Å². The van der Waals surface area contributed by atoms with E-state index in [9.17, 15) is 13.2 Å². The average Bonchev–Trinajstić information content (AvgIpc) is 2.17. The van der Waals surface area contributed by atoms with E-state index >= 15 is 0 Å². The van der Waals surface area contributed by atoms with Gasteiger partial charge in [-0.2, -0.15) is 0 Å². The Kier molecular flexibility index (Phi) is 2.80. The second kappa shape index (κ2) is 3.97. The molecule has 0 aliphatic heterocycles. The lowest BCUT2D eigenvalue weighted by atomic mass is 9.88. The van der Waals surface area contributed by atoms with Gasteiger partial charge in [-0.25, -0.2) is 0 Å². The van der Waals surface area contributed by atoms with Gasteiger partial charge in [-0.3, -0.25) is 0 Å². The van der Waals surface area contributed by atoms with Crippen molar-refractivity contribution < 1.29 is 17.9 Å². The summed E-state index contributed by atoms with van der Waals surface area (Å²) in [6.07, 6.45) is -2.44. The first kappa shape index (κ1) is 11.3. The molecule has 0 amide bonds. The number of halogens is 3. The zero-order chi connectivity index (χ0) is 11.8. The van der Waals surface area contributed by atoms with Crippen molar-refractivity contribution in [2.45, 2.75) is 31.7 Å². The molecular weight excluding hydrogens is 219 g/mol. The molecule has 0 unspecified atom stereocenters. The molecule has 0 bridgehead atoms. The molecular formula is C11H12F3NO. The molecule has 0 saturated heterocycles. The lowest BCUT2D eigenvalue weighted by Gasteiger charge is -2.24. The standard InChI is InChI=1S/C11H12F3NO/c12-11(13,14)16-10-6-2-3-7-8(10)4-1-5-9(7)15/h2-3,6,9H,1,4-5,15H2/t9-/m1/s1. The molecule has 16 heavy (non-hydrogen) atoms. The Morgan fingerprint density at radius 3 is 2.75 bits per heavy atom. The molecule has 1 aliphatic rings. The molecule has 88 valence electrons. The van der Waals surface area contributed by atoms with E-state index in [1.165, 1.54) is 6.07 Å². The first-order valence-corrected chi connectivity index (χ1v) is 5.10. The van der Waals surface area contributed by atoms with E-state index in [0.717, 1.165) is 18.4 Å². The molecule has 1 aromatic carbocycles. The summed E-state index contributed by atoms with van der Waals surface area (Å²) in [5, 5.41) is 0. The Morgan fingerprint density at radius 1 is 1.31 bits per heavy atom. The number of rotatable bonds is 1. The minimum atomic E-state index is -4.64. The van der Waals surface area contributed by atoms with Gasteiger partial charge in [-0.15, -0.1) is 13.2 Å². The molecule has 1 atom stereocenters. The minimum Gasteiger partial charge on any atom is -0.405 e. The second-order valence-corrected chi connectivity index (χ2v) is 3.87. The summed E-state index contributed by atoms with van der Waals surface area (Å²) in [6.45, 7) is 0. The van der Waals surface area contributed by atoms with Crippen molar-refractivity contribution in [3.8, 4) is 5.75 Å². The molecule has 0 spiro atoms. The molecule has 1 aliphatic carbocycles. The molecule has 0 saturated carbocycles. The second-order valence-electron chi connectivity index (χ2n) is 3.87. The van der Waals surface area contributed by atoms with Gasteiger partial charge in [0.2, 0.25) is 0 Å². The van der Waals surface area contributed by atoms with E-state index in [2.05, 4.69) is 4.74 Å². The highest BCUT2D eigenvalue weighted by molar-refractivity contribution is 5.43. The Bertz CT molecular complexity index is 389. The van der Waals surface area contributed by atoms with E-state index in [1.54, 1.807) is 12.1 Å². The highest BCUT2D eigenvalue weighted by Crippen LogP contribution is 2.36. The van der Waals surface area contributed by atoms with Crippen LogP contribution in [0.2, 0.25) is 0 Å². The summed E-state index contributed by atoms with van der Waals surface area (Å²) in [7, 11) is 0. The normalized spacial score (nSPS) is 20.4. The molecule has 0 radical (unpaired) electrons. The predicted molar refractivity (Wildman–Crippen MR) is 53.0 cm³/mol. The highest BCUT2D eigenvalue weighted by Gasteiger charge is 2.33. The lowest BCUT2D eigenvalue weighted by molar-refractivity contribution is -0.274. The number of benzene rings is 1. The van der Waals surface area contributed by atoms with Crippen LogP contribution in [0.1, 0.15) is 30.0 Å². The van der Waals surface area contributed by atoms with Gasteiger partial charge in [0.25, 0.3) is 0 Å². The molecule has 2 N–H and O–H groups in total. The number of ether oxygens (including phenoxy) is 1. The number of fused-ring (bicyclic) bond motifs is 1. The van der Waals surface area contributed by atoms with Crippen molar-refractivity contribution in [1.82, 2.24) is 0 Å². The summed E-state index contributed by atoms with van der Waals surface area (Å²) < 4.78 is 40.5. The molecule has 0 fully saturated rings. The van der Waals surface area contributed by atoms with Crippen LogP contribution in [0.4, 0.5) is 13.2 Å². The zero-order valence-electron chi connectivity index (χ0n) is 8.55. The molecule has 1 aromatic rings. The maximum Gasteiger partial charge on any atom is 0.573 e. The monoisotopic (exact) mass is 231 g/mol. The fraction of sp³-hybridized carbons (Fsp3) is 0.455. The summed E-state index contributed by atoms with van der Waals surface area (Å²) in [6, 6.07) is 4.47. The van der Waals surface area contributed by atoms with Gasteiger partial charge in [-0.1, -0.05) is 12.1 Å². The third-order valence-corrected chi connectivity index (χ3v) is 2.74.